The summed E-state index contributed by atoms with van der Waals surface area (Å²) in [6.07, 6.45) is 0.689. The number of methoxy groups -OCH3 is 1. The maximum absolute atomic E-state index is 13.2. The second kappa shape index (κ2) is 10.5. The van der Waals surface area contributed by atoms with Crippen molar-refractivity contribution in [1.29, 1.82) is 0 Å². The molecule has 0 aliphatic carbocycles. The highest BCUT2D eigenvalue weighted by Gasteiger charge is 2.46. The van der Waals surface area contributed by atoms with E-state index in [0.717, 1.165) is 12.1 Å². The fraction of sp³-hybridized carbons (Fsp3) is 0.385. The van der Waals surface area contributed by atoms with Gasteiger partial charge in [-0.15, -0.1) is 0 Å². The molecule has 7 nitrogen and oxygen atoms in total. The quantitative estimate of drug-likeness (QED) is 0.354. The van der Waals surface area contributed by atoms with Gasteiger partial charge >= 0.3 is 0 Å². The highest BCUT2D eigenvalue weighted by molar-refractivity contribution is 6.46. The van der Waals surface area contributed by atoms with Crippen LogP contribution in [0.4, 0.5) is 0 Å². The standard InChI is InChI=1S/C26H32N2O5/c1-6-33-21-11-8-7-10-20(21)23-22(24(29)19-13-12-18(32-5)16-17(19)2)25(30)26(31)28(23)15-9-14-27(3)4/h7-8,10-13,16,23,29H,6,9,14-15H2,1-5H3. The number of ketones is 1. The van der Waals surface area contributed by atoms with Crippen LogP contribution in [-0.4, -0.2) is 67.5 Å². The van der Waals surface area contributed by atoms with Crippen molar-refractivity contribution in [2.45, 2.75) is 26.3 Å². The number of aliphatic hydroxyl groups excluding tert-OH is 1. The van der Waals surface area contributed by atoms with E-state index in [9.17, 15) is 14.7 Å². The smallest absolute Gasteiger partial charge is 0.295 e. The molecule has 1 heterocycles. The molecule has 1 amide bonds. The van der Waals surface area contributed by atoms with E-state index in [2.05, 4.69) is 0 Å². The van der Waals surface area contributed by atoms with E-state index in [1.807, 2.05) is 57.1 Å². The number of hydrogen-bond acceptors (Lipinski definition) is 6. The van der Waals surface area contributed by atoms with Crippen molar-refractivity contribution in [2.75, 3.05) is 40.9 Å². The van der Waals surface area contributed by atoms with Gasteiger partial charge in [0.05, 0.1) is 25.3 Å². The fourth-order valence-corrected chi connectivity index (χ4v) is 4.16. The van der Waals surface area contributed by atoms with E-state index < -0.39 is 17.7 Å². The predicted molar refractivity (Wildman–Crippen MR) is 128 cm³/mol. The van der Waals surface area contributed by atoms with Crippen LogP contribution < -0.4 is 9.47 Å². The maximum Gasteiger partial charge on any atom is 0.295 e. The molecule has 1 fully saturated rings. The van der Waals surface area contributed by atoms with Gasteiger partial charge in [0.1, 0.15) is 17.3 Å². The molecular weight excluding hydrogens is 420 g/mol. The first-order chi connectivity index (χ1) is 15.8. The summed E-state index contributed by atoms with van der Waals surface area (Å²) < 4.78 is 11.1. The molecule has 1 atom stereocenters. The number of aryl methyl sites for hydroxylation is 1. The van der Waals surface area contributed by atoms with Gasteiger partial charge in [-0.2, -0.15) is 0 Å². The van der Waals surface area contributed by atoms with Gasteiger partial charge in [-0.25, -0.2) is 0 Å². The van der Waals surface area contributed by atoms with E-state index in [-0.39, 0.29) is 11.3 Å². The lowest BCUT2D eigenvalue weighted by molar-refractivity contribution is -0.140. The molecule has 0 aromatic heterocycles. The fourth-order valence-electron chi connectivity index (χ4n) is 4.16. The molecule has 0 spiro atoms. The Morgan fingerprint density at radius 2 is 1.88 bits per heavy atom. The van der Waals surface area contributed by atoms with Crippen LogP contribution in [0.2, 0.25) is 0 Å². The highest BCUT2D eigenvalue weighted by Crippen LogP contribution is 2.43. The Balaban J connectivity index is 2.17. The van der Waals surface area contributed by atoms with Crippen LogP contribution in [0.3, 0.4) is 0 Å². The van der Waals surface area contributed by atoms with Crippen LogP contribution in [0, 0.1) is 6.92 Å². The number of nitrogens with zero attached hydrogens (tertiary/aromatic N) is 2. The third kappa shape index (κ3) is 5.03. The minimum atomic E-state index is -0.739. The maximum atomic E-state index is 13.2. The average molecular weight is 453 g/mol. The number of ether oxygens (including phenoxy) is 2. The van der Waals surface area contributed by atoms with Gasteiger partial charge in [-0.1, -0.05) is 18.2 Å². The molecule has 176 valence electrons. The van der Waals surface area contributed by atoms with Gasteiger partial charge in [0.2, 0.25) is 0 Å². The summed E-state index contributed by atoms with van der Waals surface area (Å²) in [6.45, 7) is 5.29. The van der Waals surface area contributed by atoms with Crippen molar-refractivity contribution >= 4 is 17.4 Å². The number of para-hydroxylation sites is 1. The molecular formula is C26H32N2O5. The molecule has 7 heteroatoms. The lowest BCUT2D eigenvalue weighted by atomic mass is 9.93. The SMILES string of the molecule is CCOc1ccccc1C1C(=C(O)c2ccc(OC)cc2C)C(=O)C(=O)N1CCCN(C)C. The van der Waals surface area contributed by atoms with Crippen molar-refractivity contribution in [3.8, 4) is 11.5 Å². The molecule has 0 radical (unpaired) electrons. The van der Waals surface area contributed by atoms with Gasteiger partial charge in [-0.05, 0) is 70.7 Å². The van der Waals surface area contributed by atoms with E-state index in [4.69, 9.17) is 9.47 Å². The summed E-state index contributed by atoms with van der Waals surface area (Å²) in [7, 11) is 5.49. The van der Waals surface area contributed by atoms with Crippen LogP contribution >= 0.6 is 0 Å². The Bertz CT molecular complexity index is 1060. The largest absolute Gasteiger partial charge is 0.507 e. The van der Waals surface area contributed by atoms with Gasteiger partial charge in [-0.3, -0.25) is 9.59 Å². The number of hydrogen-bond donors (Lipinski definition) is 1. The summed E-state index contributed by atoms with van der Waals surface area (Å²) in [5, 5.41) is 11.3. The number of benzene rings is 2. The second-order valence-corrected chi connectivity index (χ2v) is 8.30. The zero-order chi connectivity index (χ0) is 24.1. The first kappa shape index (κ1) is 24.3. The van der Waals surface area contributed by atoms with Crippen molar-refractivity contribution in [3.63, 3.8) is 0 Å². The molecule has 1 N–H and O–H groups in total. The number of likely N-dealkylation sites (tertiary alicyclic amines) is 1. The molecule has 0 saturated carbocycles. The molecule has 1 aliphatic heterocycles. The predicted octanol–water partition coefficient (Wildman–Crippen LogP) is 3.78. The van der Waals surface area contributed by atoms with Crippen LogP contribution in [0.15, 0.2) is 48.0 Å². The lowest BCUT2D eigenvalue weighted by Gasteiger charge is -2.27. The Kier molecular flexibility index (Phi) is 7.76. The van der Waals surface area contributed by atoms with Crippen molar-refractivity contribution in [3.05, 3.63) is 64.7 Å². The molecule has 1 unspecified atom stereocenters. The number of carbonyl (C=O) groups excluding carboxylic acids is 2. The first-order valence-corrected chi connectivity index (χ1v) is 11.1. The molecule has 33 heavy (non-hydrogen) atoms. The zero-order valence-corrected chi connectivity index (χ0v) is 19.9. The number of Topliss-reactive ketones (excluding diaryl/α,β-unsaturated/α-hetero) is 1. The number of amides is 1. The summed E-state index contributed by atoms with van der Waals surface area (Å²) >= 11 is 0. The van der Waals surface area contributed by atoms with E-state index in [1.165, 1.54) is 0 Å². The van der Waals surface area contributed by atoms with Gasteiger partial charge in [0.25, 0.3) is 11.7 Å². The molecule has 3 rings (SSSR count). The van der Waals surface area contributed by atoms with Crippen LogP contribution in [-0.2, 0) is 9.59 Å². The minimum Gasteiger partial charge on any atom is -0.507 e. The average Bonchev–Trinajstić information content (AvgIpc) is 3.04. The van der Waals surface area contributed by atoms with Crippen LogP contribution in [0.1, 0.15) is 36.1 Å². The topological polar surface area (TPSA) is 79.3 Å². The van der Waals surface area contributed by atoms with Gasteiger partial charge in [0, 0.05) is 17.7 Å². The van der Waals surface area contributed by atoms with Crippen LogP contribution in [0.25, 0.3) is 5.76 Å². The highest BCUT2D eigenvalue weighted by atomic mass is 16.5. The number of rotatable bonds is 9. The second-order valence-electron chi connectivity index (χ2n) is 8.30. The number of aliphatic hydroxyl groups is 1. The third-order valence-corrected chi connectivity index (χ3v) is 5.75. The molecule has 0 bridgehead atoms. The summed E-state index contributed by atoms with van der Waals surface area (Å²) in [4.78, 5) is 29.9. The summed E-state index contributed by atoms with van der Waals surface area (Å²) in [5.41, 5.74) is 1.98. The van der Waals surface area contributed by atoms with E-state index >= 15 is 0 Å². The first-order valence-electron chi connectivity index (χ1n) is 11.1. The molecule has 2 aromatic carbocycles. The Labute approximate surface area is 195 Å². The van der Waals surface area contributed by atoms with E-state index in [0.29, 0.717) is 42.2 Å². The van der Waals surface area contributed by atoms with E-state index in [1.54, 1.807) is 30.2 Å². The van der Waals surface area contributed by atoms with Gasteiger partial charge < -0.3 is 24.4 Å². The molecule has 1 aliphatic rings. The van der Waals surface area contributed by atoms with Crippen molar-refractivity contribution < 1.29 is 24.2 Å². The Hall–Kier alpha value is -3.32. The zero-order valence-electron chi connectivity index (χ0n) is 19.9. The Morgan fingerprint density at radius 3 is 2.52 bits per heavy atom. The molecule has 1 saturated heterocycles. The van der Waals surface area contributed by atoms with Crippen LogP contribution in [0.5, 0.6) is 11.5 Å². The number of carbonyl (C=O) groups is 2. The minimum absolute atomic E-state index is 0.0743. The lowest BCUT2D eigenvalue weighted by Crippen LogP contribution is -2.32. The molecule has 2 aromatic rings. The summed E-state index contributed by atoms with van der Waals surface area (Å²) in [6, 6.07) is 11.8. The summed E-state index contributed by atoms with van der Waals surface area (Å²) in [5.74, 6) is -0.269. The Morgan fingerprint density at radius 1 is 1.15 bits per heavy atom. The normalized spacial score (nSPS) is 17.6. The van der Waals surface area contributed by atoms with Crippen molar-refractivity contribution in [1.82, 2.24) is 9.80 Å². The van der Waals surface area contributed by atoms with Crippen molar-refractivity contribution in [2.24, 2.45) is 0 Å². The third-order valence-electron chi connectivity index (χ3n) is 5.75. The monoisotopic (exact) mass is 452 g/mol. The van der Waals surface area contributed by atoms with Gasteiger partial charge in [0.15, 0.2) is 0 Å².